The lowest BCUT2D eigenvalue weighted by Crippen LogP contribution is -2.26. The molecule has 0 aliphatic carbocycles. The van der Waals surface area contributed by atoms with Crippen molar-refractivity contribution in [1.82, 2.24) is 5.32 Å². The molecule has 1 N–H and O–H groups in total. The molecule has 0 aromatic heterocycles. The molecule has 0 saturated carbocycles. The Bertz CT molecular complexity index is 422. The molecule has 19 heavy (non-hydrogen) atoms. The van der Waals surface area contributed by atoms with Gasteiger partial charge in [0.25, 0.3) is 0 Å². The second-order valence-corrected chi connectivity index (χ2v) is 5.43. The van der Waals surface area contributed by atoms with Crippen molar-refractivity contribution in [3.8, 4) is 0 Å². The first-order chi connectivity index (χ1) is 9.27. The van der Waals surface area contributed by atoms with Crippen LogP contribution in [0.5, 0.6) is 0 Å². The summed E-state index contributed by atoms with van der Waals surface area (Å²) in [5, 5.41) is 3.58. The molecule has 0 atom stereocenters. The largest absolute Gasteiger partial charge is 0.316 e. The van der Waals surface area contributed by atoms with E-state index in [0.29, 0.717) is 11.8 Å². The van der Waals surface area contributed by atoms with E-state index in [9.17, 15) is 0 Å². The van der Waals surface area contributed by atoms with E-state index < -0.39 is 0 Å². The minimum atomic E-state index is 0.432. The first-order valence-electron chi connectivity index (χ1n) is 7.08. The third-order valence-corrected chi connectivity index (χ3v) is 3.30. The molecule has 1 heteroatoms. The van der Waals surface area contributed by atoms with Gasteiger partial charge in [0.1, 0.15) is 0 Å². The van der Waals surface area contributed by atoms with Crippen LogP contribution in [0.2, 0.25) is 0 Å². The van der Waals surface area contributed by atoms with E-state index >= 15 is 0 Å². The second kappa shape index (κ2) is 7.10. The van der Waals surface area contributed by atoms with E-state index in [1.165, 1.54) is 11.1 Å². The van der Waals surface area contributed by atoms with Gasteiger partial charge in [-0.25, -0.2) is 0 Å². The van der Waals surface area contributed by atoms with Gasteiger partial charge < -0.3 is 5.32 Å². The third-order valence-electron chi connectivity index (χ3n) is 3.30. The van der Waals surface area contributed by atoms with Crippen LogP contribution < -0.4 is 5.32 Å². The molecule has 0 fully saturated rings. The van der Waals surface area contributed by atoms with Crippen LogP contribution in [0.15, 0.2) is 60.7 Å². The van der Waals surface area contributed by atoms with Gasteiger partial charge >= 0.3 is 0 Å². The lowest BCUT2D eigenvalue weighted by molar-refractivity contribution is 0.537. The molecular formula is C18H23N. The van der Waals surface area contributed by atoms with Gasteiger partial charge in [-0.2, -0.15) is 0 Å². The highest BCUT2D eigenvalue weighted by Gasteiger charge is 2.13. The summed E-state index contributed by atoms with van der Waals surface area (Å²) in [4.78, 5) is 0. The summed E-state index contributed by atoms with van der Waals surface area (Å²) < 4.78 is 0. The molecule has 2 rings (SSSR count). The predicted octanol–water partition coefficient (Wildman–Crippen LogP) is 4.06. The van der Waals surface area contributed by atoms with Crippen LogP contribution in [0, 0.1) is 5.92 Å². The smallest absolute Gasteiger partial charge is 0.0214 e. The summed E-state index contributed by atoms with van der Waals surface area (Å²) in [6.45, 7) is 6.54. The van der Waals surface area contributed by atoms with Crippen molar-refractivity contribution in [1.29, 1.82) is 0 Å². The predicted molar refractivity (Wildman–Crippen MR) is 82.4 cm³/mol. The molecule has 0 radical (unpaired) electrons. The summed E-state index contributed by atoms with van der Waals surface area (Å²) in [7, 11) is 0. The minimum Gasteiger partial charge on any atom is -0.316 e. The first kappa shape index (κ1) is 13.8. The van der Waals surface area contributed by atoms with Gasteiger partial charge in [-0.15, -0.1) is 0 Å². The van der Waals surface area contributed by atoms with Gasteiger partial charge in [-0.1, -0.05) is 74.5 Å². The van der Waals surface area contributed by atoms with Crippen molar-refractivity contribution in [2.45, 2.75) is 19.8 Å². The Labute approximate surface area is 116 Å². The van der Waals surface area contributed by atoms with E-state index in [4.69, 9.17) is 0 Å². The Morgan fingerprint density at radius 1 is 0.737 bits per heavy atom. The van der Waals surface area contributed by atoms with E-state index in [0.717, 1.165) is 13.1 Å². The Morgan fingerprint density at radius 2 is 1.21 bits per heavy atom. The summed E-state index contributed by atoms with van der Waals surface area (Å²) in [6.07, 6.45) is 0. The molecule has 0 saturated heterocycles. The second-order valence-electron chi connectivity index (χ2n) is 5.43. The topological polar surface area (TPSA) is 12.0 Å². The Balaban J connectivity index is 2.14. The summed E-state index contributed by atoms with van der Waals surface area (Å²) >= 11 is 0. The number of nitrogens with one attached hydrogen (secondary N) is 1. The lowest BCUT2D eigenvalue weighted by atomic mass is 9.91. The molecule has 2 aromatic carbocycles. The monoisotopic (exact) mass is 253 g/mol. The van der Waals surface area contributed by atoms with Gasteiger partial charge in [0.05, 0.1) is 0 Å². The molecular weight excluding hydrogens is 230 g/mol. The number of rotatable bonds is 6. The van der Waals surface area contributed by atoms with Crippen LogP contribution in [-0.2, 0) is 0 Å². The number of benzene rings is 2. The average molecular weight is 253 g/mol. The maximum absolute atomic E-state index is 3.58. The van der Waals surface area contributed by atoms with Gasteiger partial charge in [0, 0.05) is 12.5 Å². The van der Waals surface area contributed by atoms with Crippen LogP contribution in [-0.4, -0.2) is 13.1 Å². The fourth-order valence-electron chi connectivity index (χ4n) is 2.32. The third kappa shape index (κ3) is 4.22. The van der Waals surface area contributed by atoms with Crippen LogP contribution in [0.1, 0.15) is 30.9 Å². The molecule has 1 nitrogen and oxygen atoms in total. The zero-order valence-corrected chi connectivity index (χ0v) is 11.8. The van der Waals surface area contributed by atoms with Crippen LogP contribution in [0.4, 0.5) is 0 Å². The van der Waals surface area contributed by atoms with Gasteiger partial charge in [-0.05, 0) is 23.6 Å². The van der Waals surface area contributed by atoms with Gasteiger partial charge in [0.15, 0.2) is 0 Å². The van der Waals surface area contributed by atoms with Crippen LogP contribution >= 0.6 is 0 Å². The fourth-order valence-corrected chi connectivity index (χ4v) is 2.32. The van der Waals surface area contributed by atoms with Crippen molar-refractivity contribution in [3.05, 3.63) is 71.8 Å². The zero-order valence-electron chi connectivity index (χ0n) is 11.8. The molecule has 0 amide bonds. The Morgan fingerprint density at radius 3 is 1.63 bits per heavy atom. The summed E-state index contributed by atoms with van der Waals surface area (Å²) in [5.41, 5.74) is 2.76. The summed E-state index contributed by atoms with van der Waals surface area (Å²) in [6, 6.07) is 21.5. The van der Waals surface area contributed by atoms with Gasteiger partial charge in [0.2, 0.25) is 0 Å². The van der Waals surface area contributed by atoms with Crippen molar-refractivity contribution in [2.24, 2.45) is 5.92 Å². The standard InChI is InChI=1S/C18H23N/c1-15(2)13-19-14-18(16-9-5-3-6-10-16)17-11-7-4-8-12-17/h3-12,15,18-19H,13-14H2,1-2H3. The maximum Gasteiger partial charge on any atom is 0.0214 e. The van der Waals surface area contributed by atoms with Crippen molar-refractivity contribution in [2.75, 3.05) is 13.1 Å². The highest BCUT2D eigenvalue weighted by Crippen LogP contribution is 2.23. The molecule has 0 aliphatic rings. The average Bonchev–Trinajstić information content (AvgIpc) is 2.45. The first-order valence-corrected chi connectivity index (χ1v) is 7.08. The normalized spacial score (nSPS) is 11.2. The molecule has 0 unspecified atom stereocenters. The maximum atomic E-state index is 3.58. The number of hydrogen-bond donors (Lipinski definition) is 1. The Kier molecular flexibility index (Phi) is 5.17. The minimum absolute atomic E-state index is 0.432. The highest BCUT2D eigenvalue weighted by molar-refractivity contribution is 5.32. The lowest BCUT2D eigenvalue weighted by Gasteiger charge is -2.19. The van der Waals surface area contributed by atoms with E-state index in [2.05, 4.69) is 79.8 Å². The van der Waals surface area contributed by atoms with Crippen LogP contribution in [0.25, 0.3) is 0 Å². The molecule has 2 aromatic rings. The molecule has 0 heterocycles. The van der Waals surface area contributed by atoms with E-state index in [-0.39, 0.29) is 0 Å². The van der Waals surface area contributed by atoms with Crippen LogP contribution in [0.3, 0.4) is 0 Å². The quantitative estimate of drug-likeness (QED) is 0.818. The molecule has 0 bridgehead atoms. The SMILES string of the molecule is CC(C)CNCC(c1ccccc1)c1ccccc1. The summed E-state index contributed by atoms with van der Waals surface area (Å²) in [5.74, 6) is 1.12. The number of hydrogen-bond acceptors (Lipinski definition) is 1. The van der Waals surface area contributed by atoms with Crippen molar-refractivity contribution >= 4 is 0 Å². The van der Waals surface area contributed by atoms with Crippen molar-refractivity contribution < 1.29 is 0 Å². The molecule has 0 aliphatic heterocycles. The van der Waals surface area contributed by atoms with E-state index in [1.807, 2.05) is 0 Å². The fraction of sp³-hybridized carbons (Fsp3) is 0.333. The van der Waals surface area contributed by atoms with Gasteiger partial charge in [-0.3, -0.25) is 0 Å². The highest BCUT2D eigenvalue weighted by atomic mass is 14.9. The zero-order chi connectivity index (χ0) is 13.5. The van der Waals surface area contributed by atoms with E-state index in [1.54, 1.807) is 0 Å². The van der Waals surface area contributed by atoms with Crippen molar-refractivity contribution in [3.63, 3.8) is 0 Å². The molecule has 100 valence electrons. The molecule has 0 spiro atoms. The Hall–Kier alpha value is -1.60.